The number of benzene rings is 1. The minimum absolute atomic E-state index is 0.0530. The Kier molecular flexibility index (Phi) is 4.55. The Balaban J connectivity index is 1.48. The van der Waals surface area contributed by atoms with Crippen molar-refractivity contribution in [2.75, 3.05) is 17.6 Å². The number of hydrogen-bond acceptors (Lipinski definition) is 8. The number of anilines is 3. The van der Waals surface area contributed by atoms with Crippen LogP contribution in [0.1, 0.15) is 34.3 Å². The van der Waals surface area contributed by atoms with Crippen molar-refractivity contribution < 1.29 is 4.79 Å². The number of nitrogen functional groups attached to an aromatic ring is 1. The van der Waals surface area contributed by atoms with Crippen molar-refractivity contribution >= 4 is 45.0 Å². The zero-order chi connectivity index (χ0) is 20.7. The van der Waals surface area contributed by atoms with Crippen LogP contribution in [0.2, 0.25) is 0 Å². The monoisotopic (exact) mass is 420 g/mol. The molecule has 1 aliphatic heterocycles. The van der Waals surface area contributed by atoms with Gasteiger partial charge < -0.3 is 16.4 Å². The van der Waals surface area contributed by atoms with Crippen molar-refractivity contribution in [2.45, 2.75) is 26.2 Å². The van der Waals surface area contributed by atoms with Crippen LogP contribution in [0, 0.1) is 6.92 Å². The van der Waals surface area contributed by atoms with Gasteiger partial charge in [0.1, 0.15) is 6.33 Å². The number of hydrogen-bond donors (Lipinski definition) is 3. The minimum atomic E-state index is -0.0530. The highest BCUT2D eigenvalue weighted by molar-refractivity contribution is 7.17. The van der Waals surface area contributed by atoms with Crippen molar-refractivity contribution in [3.63, 3.8) is 0 Å². The Bertz CT molecular complexity index is 1260. The first-order valence-electron chi connectivity index (χ1n) is 9.70. The Labute approximate surface area is 176 Å². The molecule has 9 nitrogen and oxygen atoms in total. The van der Waals surface area contributed by atoms with Crippen LogP contribution >= 0.6 is 11.3 Å². The van der Waals surface area contributed by atoms with Gasteiger partial charge in [-0.3, -0.25) is 4.79 Å². The Morgan fingerprint density at radius 3 is 3.07 bits per heavy atom. The molecule has 0 saturated heterocycles. The fraction of sp³-hybridized carbons (Fsp3) is 0.250. The molecule has 0 unspecified atom stereocenters. The molecule has 3 aromatic heterocycles. The summed E-state index contributed by atoms with van der Waals surface area (Å²) in [6.07, 6.45) is 4.44. The maximum absolute atomic E-state index is 12.4. The third kappa shape index (κ3) is 3.24. The van der Waals surface area contributed by atoms with E-state index in [9.17, 15) is 4.79 Å². The number of carbonyl (C=O) groups excluding carboxylic acids is 1. The third-order valence-electron chi connectivity index (χ3n) is 5.11. The Morgan fingerprint density at radius 2 is 2.17 bits per heavy atom. The summed E-state index contributed by atoms with van der Waals surface area (Å²) in [4.78, 5) is 25.4. The summed E-state index contributed by atoms with van der Waals surface area (Å²) in [5, 5.41) is 12.6. The third-order valence-corrected chi connectivity index (χ3v) is 6.20. The quantitative estimate of drug-likeness (QED) is 0.465. The summed E-state index contributed by atoms with van der Waals surface area (Å²) in [5.41, 5.74) is 10.5. The molecule has 10 heteroatoms. The van der Waals surface area contributed by atoms with E-state index in [1.165, 1.54) is 11.0 Å². The van der Waals surface area contributed by atoms with Crippen LogP contribution < -0.4 is 16.4 Å². The molecule has 5 rings (SSSR count). The Hall–Kier alpha value is -3.53. The fourth-order valence-corrected chi connectivity index (χ4v) is 4.57. The van der Waals surface area contributed by atoms with Crippen molar-refractivity contribution in [3.8, 4) is 5.82 Å². The highest BCUT2D eigenvalue weighted by Crippen LogP contribution is 2.29. The number of thiophene rings is 1. The zero-order valence-corrected chi connectivity index (χ0v) is 17.2. The predicted molar refractivity (Wildman–Crippen MR) is 116 cm³/mol. The molecular formula is C20H20N8OS. The number of nitrogens with two attached hydrogens (primary N) is 1. The summed E-state index contributed by atoms with van der Waals surface area (Å²) < 4.78 is 2.40. The van der Waals surface area contributed by atoms with E-state index < -0.39 is 0 Å². The highest BCUT2D eigenvalue weighted by atomic mass is 32.1. The number of rotatable bonds is 3. The molecule has 0 aliphatic carbocycles. The molecule has 152 valence electrons. The maximum Gasteiger partial charge on any atom is 0.251 e. The zero-order valence-electron chi connectivity index (χ0n) is 16.3. The van der Waals surface area contributed by atoms with Gasteiger partial charge in [-0.05, 0) is 54.8 Å². The van der Waals surface area contributed by atoms with Gasteiger partial charge in [-0.1, -0.05) is 6.07 Å². The average Bonchev–Trinajstić information content (AvgIpc) is 3.29. The van der Waals surface area contributed by atoms with E-state index in [0.29, 0.717) is 23.9 Å². The molecule has 4 N–H and O–H groups in total. The second-order valence-corrected chi connectivity index (χ2v) is 8.09. The predicted octanol–water partition coefficient (Wildman–Crippen LogP) is 2.97. The van der Waals surface area contributed by atoms with Gasteiger partial charge in [0.25, 0.3) is 5.91 Å². The van der Waals surface area contributed by atoms with Crippen molar-refractivity contribution in [1.29, 1.82) is 0 Å². The summed E-state index contributed by atoms with van der Waals surface area (Å²) in [5.74, 6) is 1.09. The lowest BCUT2D eigenvalue weighted by atomic mass is 9.99. The summed E-state index contributed by atoms with van der Waals surface area (Å²) >= 11 is 1.54. The number of nitrogens with zero attached hydrogens (tertiary/aromatic N) is 5. The number of nitrogens with one attached hydrogen (secondary N) is 2. The van der Waals surface area contributed by atoms with E-state index in [2.05, 4.69) is 30.7 Å². The minimum Gasteiger partial charge on any atom is -0.368 e. The van der Waals surface area contributed by atoms with Gasteiger partial charge in [0, 0.05) is 17.8 Å². The molecule has 1 aliphatic rings. The van der Waals surface area contributed by atoms with E-state index in [1.807, 2.05) is 30.5 Å². The highest BCUT2D eigenvalue weighted by Gasteiger charge is 2.17. The number of aromatic nitrogens is 5. The number of fused-ring (bicyclic) bond motifs is 2. The first kappa shape index (κ1) is 18.5. The topological polar surface area (TPSA) is 124 Å². The van der Waals surface area contributed by atoms with Crippen LogP contribution in [0.5, 0.6) is 0 Å². The van der Waals surface area contributed by atoms with Gasteiger partial charge in [-0.25, -0.2) is 9.97 Å². The second kappa shape index (κ2) is 7.38. The number of aryl methyl sites for hydroxylation is 2. The van der Waals surface area contributed by atoms with Crippen LogP contribution in [0.4, 0.5) is 17.6 Å². The van der Waals surface area contributed by atoms with Crippen LogP contribution in [-0.2, 0) is 6.42 Å². The van der Waals surface area contributed by atoms with E-state index in [-0.39, 0.29) is 11.9 Å². The molecule has 0 radical (unpaired) electrons. The first-order chi connectivity index (χ1) is 14.6. The molecule has 0 fully saturated rings. The number of amides is 1. The lowest BCUT2D eigenvalue weighted by Crippen LogP contribution is -2.27. The van der Waals surface area contributed by atoms with Gasteiger partial charge >= 0.3 is 0 Å². The lowest BCUT2D eigenvalue weighted by Gasteiger charge is -2.15. The molecule has 0 atom stereocenters. The lowest BCUT2D eigenvalue weighted by molar-refractivity contribution is 0.0950. The van der Waals surface area contributed by atoms with Crippen molar-refractivity contribution in [2.24, 2.45) is 0 Å². The van der Waals surface area contributed by atoms with E-state index in [4.69, 9.17) is 5.73 Å². The standard InChI is InChI=1S/C20H20N8OS/c1-11-9-30-16-15(11)23-10-24-17(16)28-19(21)26-20(27-28)25-13-6-5-12-4-2-3-7-22-18(29)14(12)8-13/h5-6,8-10H,2-4,7H2,1H3,(H,22,29)(H3,21,25,26,27). The average molecular weight is 421 g/mol. The SMILES string of the molecule is Cc1csc2c(-n3nc(Nc4ccc5c(c4)C(=O)NCCCC5)nc3N)ncnc12. The molecule has 30 heavy (non-hydrogen) atoms. The molecule has 4 aromatic rings. The van der Waals surface area contributed by atoms with Crippen LogP contribution in [-0.4, -0.2) is 37.2 Å². The first-order valence-corrected chi connectivity index (χ1v) is 10.6. The van der Waals surface area contributed by atoms with Crippen molar-refractivity contribution in [3.05, 3.63) is 46.6 Å². The van der Waals surface area contributed by atoms with Gasteiger partial charge in [0.15, 0.2) is 5.82 Å². The molecule has 1 amide bonds. The van der Waals surface area contributed by atoms with E-state index in [1.54, 1.807) is 11.3 Å². The van der Waals surface area contributed by atoms with E-state index in [0.717, 1.165) is 46.3 Å². The summed E-state index contributed by atoms with van der Waals surface area (Å²) in [7, 11) is 0. The van der Waals surface area contributed by atoms with Crippen molar-refractivity contribution in [1.82, 2.24) is 30.0 Å². The fourth-order valence-electron chi connectivity index (χ4n) is 3.59. The normalized spacial score (nSPS) is 14.1. The molecule has 4 heterocycles. The largest absolute Gasteiger partial charge is 0.368 e. The summed E-state index contributed by atoms with van der Waals surface area (Å²) in [6.45, 7) is 2.71. The van der Waals surface area contributed by atoms with Gasteiger partial charge in [0.2, 0.25) is 11.9 Å². The van der Waals surface area contributed by atoms with Crippen LogP contribution in [0.15, 0.2) is 29.9 Å². The van der Waals surface area contributed by atoms with Gasteiger partial charge in [0.05, 0.1) is 10.2 Å². The van der Waals surface area contributed by atoms with E-state index >= 15 is 0 Å². The maximum atomic E-state index is 12.4. The summed E-state index contributed by atoms with van der Waals surface area (Å²) in [6, 6.07) is 5.74. The van der Waals surface area contributed by atoms with Gasteiger partial charge in [-0.15, -0.1) is 16.4 Å². The molecule has 0 spiro atoms. The second-order valence-electron chi connectivity index (χ2n) is 7.21. The smallest absolute Gasteiger partial charge is 0.251 e. The molecule has 0 saturated carbocycles. The van der Waals surface area contributed by atoms with Crippen LogP contribution in [0.3, 0.4) is 0 Å². The molecule has 0 bridgehead atoms. The van der Waals surface area contributed by atoms with Crippen LogP contribution in [0.25, 0.3) is 16.0 Å². The molecule has 1 aromatic carbocycles. The number of carbonyl (C=O) groups is 1. The van der Waals surface area contributed by atoms with Gasteiger partial charge in [-0.2, -0.15) is 9.67 Å². The Morgan fingerprint density at radius 1 is 1.27 bits per heavy atom. The molecular weight excluding hydrogens is 400 g/mol.